The molecule has 0 saturated carbocycles. The highest BCUT2D eigenvalue weighted by atomic mass is 16.4. The van der Waals surface area contributed by atoms with E-state index in [1.807, 2.05) is 0 Å². The van der Waals surface area contributed by atoms with Crippen LogP contribution in [0.1, 0.15) is 73.1 Å². The molecular formula is C36H61N11O14. The summed E-state index contributed by atoms with van der Waals surface area (Å²) in [4.78, 5) is 139. The Labute approximate surface area is 352 Å². The Kier molecular flexibility index (Phi) is 23.5. The predicted octanol–water partition coefficient (Wildman–Crippen LogP) is -6.71. The van der Waals surface area contributed by atoms with Crippen LogP contribution >= 0.6 is 0 Å². The number of carbonyl (C=O) groups is 11. The van der Waals surface area contributed by atoms with Gasteiger partial charge in [-0.15, -0.1) is 0 Å². The van der Waals surface area contributed by atoms with Crippen molar-refractivity contribution in [1.82, 2.24) is 52.8 Å². The number of aliphatic carboxylic acids is 1. The number of carbonyl (C=O) groups excluding carboxylic acids is 10. The normalized spacial score (nSPS) is 16.7. The van der Waals surface area contributed by atoms with Crippen molar-refractivity contribution in [3.8, 4) is 0 Å². The second-order valence-electron chi connectivity index (χ2n) is 13.9. The fraction of sp³-hybridized carbons (Fsp3) is 0.694. The number of likely N-dealkylation sites (tertiary alicyclic amines) is 1. The van der Waals surface area contributed by atoms with Gasteiger partial charge in [-0.05, 0) is 45.4 Å². The number of aliphatic hydroxyl groups is 2. The Morgan fingerprint density at radius 1 is 0.574 bits per heavy atom. The Hall–Kier alpha value is -5.95. The quantitative estimate of drug-likeness (QED) is 0.0384. The van der Waals surface area contributed by atoms with Crippen LogP contribution in [0.5, 0.6) is 0 Å². The lowest BCUT2D eigenvalue weighted by Crippen LogP contribution is -2.58. The first-order valence-corrected chi connectivity index (χ1v) is 19.9. The van der Waals surface area contributed by atoms with Crippen molar-refractivity contribution in [2.45, 2.75) is 121 Å². The molecule has 1 heterocycles. The Morgan fingerprint density at radius 2 is 0.967 bits per heavy atom. The number of rotatable bonds is 26. The van der Waals surface area contributed by atoms with Gasteiger partial charge >= 0.3 is 5.97 Å². The summed E-state index contributed by atoms with van der Waals surface area (Å²) >= 11 is 0. The van der Waals surface area contributed by atoms with Crippen LogP contribution < -0.4 is 53.6 Å². The minimum Gasteiger partial charge on any atom is -0.480 e. The fourth-order valence-corrected chi connectivity index (χ4v) is 5.81. The number of amides is 10. The van der Waals surface area contributed by atoms with Gasteiger partial charge in [0.1, 0.15) is 48.3 Å². The molecule has 0 bridgehead atoms. The van der Waals surface area contributed by atoms with Gasteiger partial charge in [-0.2, -0.15) is 0 Å². The summed E-state index contributed by atoms with van der Waals surface area (Å²) < 4.78 is 0. The SMILES string of the molecule is CC[C@@H](NC(=O)CNC(=O)[C@@H](CC)NC(=O)[C@H](CO)NC(=O)[C@@H](CC)NC(=O)CN)C(=O)NCC(=O)N[C@H](CC)C(=O)N[C@@H](CO)C(=O)N1CCCC1C(=O)N[C@@H](C)C(=O)O. The molecule has 25 nitrogen and oxygen atoms in total. The summed E-state index contributed by atoms with van der Waals surface area (Å²) in [6.45, 7) is 4.29. The molecule has 1 aliphatic rings. The van der Waals surface area contributed by atoms with E-state index in [0.717, 1.165) is 4.90 Å². The zero-order valence-corrected chi connectivity index (χ0v) is 35.0. The first kappa shape index (κ1) is 53.1. The van der Waals surface area contributed by atoms with Gasteiger partial charge in [0.15, 0.2) is 0 Å². The van der Waals surface area contributed by atoms with Gasteiger partial charge in [-0.1, -0.05) is 27.7 Å². The molecule has 0 spiro atoms. The van der Waals surface area contributed by atoms with Crippen LogP contribution in [-0.4, -0.2) is 173 Å². The number of carboxylic acid groups (broad SMARTS) is 1. The highest BCUT2D eigenvalue weighted by Gasteiger charge is 2.39. The lowest BCUT2D eigenvalue weighted by Gasteiger charge is -2.29. The van der Waals surface area contributed by atoms with E-state index in [1.54, 1.807) is 27.7 Å². The molecule has 1 rings (SSSR count). The molecule has 0 aliphatic carbocycles. The summed E-state index contributed by atoms with van der Waals surface area (Å²) in [6.07, 6.45) is 0.910. The van der Waals surface area contributed by atoms with Gasteiger partial charge < -0.3 is 73.8 Å². The first-order valence-electron chi connectivity index (χ1n) is 19.9. The molecule has 0 radical (unpaired) electrons. The van der Waals surface area contributed by atoms with Gasteiger partial charge in [0, 0.05) is 6.54 Å². The molecule has 8 atom stereocenters. The molecular weight excluding hydrogens is 810 g/mol. The van der Waals surface area contributed by atoms with Crippen molar-refractivity contribution in [1.29, 1.82) is 0 Å². The molecule has 10 amide bonds. The minimum atomic E-state index is -1.50. The van der Waals surface area contributed by atoms with Gasteiger partial charge in [0.05, 0.1) is 32.8 Å². The lowest BCUT2D eigenvalue weighted by atomic mass is 10.1. The van der Waals surface area contributed by atoms with Gasteiger partial charge in [0.25, 0.3) is 0 Å². The maximum absolute atomic E-state index is 13.2. The fourth-order valence-electron chi connectivity index (χ4n) is 5.81. The van der Waals surface area contributed by atoms with E-state index in [1.165, 1.54) is 6.92 Å². The Bertz CT molecular complexity index is 1600. The van der Waals surface area contributed by atoms with E-state index in [-0.39, 0.29) is 45.2 Å². The number of hydrogen-bond acceptors (Lipinski definition) is 14. The average Bonchev–Trinajstić information content (AvgIpc) is 3.74. The third-order valence-electron chi connectivity index (χ3n) is 9.43. The zero-order valence-electron chi connectivity index (χ0n) is 35.0. The maximum Gasteiger partial charge on any atom is 0.325 e. The van der Waals surface area contributed by atoms with Gasteiger partial charge in [-0.3, -0.25) is 52.7 Å². The molecule has 0 aromatic carbocycles. The second-order valence-corrected chi connectivity index (χ2v) is 13.9. The van der Waals surface area contributed by atoms with Crippen molar-refractivity contribution in [3.05, 3.63) is 0 Å². The van der Waals surface area contributed by atoms with Crippen molar-refractivity contribution >= 4 is 65.0 Å². The predicted molar refractivity (Wildman–Crippen MR) is 212 cm³/mol. The molecule has 1 unspecified atom stereocenters. The summed E-state index contributed by atoms with van der Waals surface area (Å²) in [5.74, 6) is -9.14. The maximum atomic E-state index is 13.2. The summed E-state index contributed by atoms with van der Waals surface area (Å²) in [6, 6.07) is -9.85. The molecule has 14 N–H and O–H groups in total. The topological polar surface area (TPSA) is 386 Å². The Morgan fingerprint density at radius 3 is 1.39 bits per heavy atom. The largest absolute Gasteiger partial charge is 0.480 e. The average molecular weight is 872 g/mol. The highest BCUT2D eigenvalue weighted by Crippen LogP contribution is 2.19. The van der Waals surface area contributed by atoms with E-state index in [4.69, 9.17) is 10.8 Å². The summed E-state index contributed by atoms with van der Waals surface area (Å²) in [5.41, 5.74) is 5.25. The molecule has 0 aromatic rings. The molecule has 1 aliphatic heterocycles. The molecule has 344 valence electrons. The number of hydrogen-bond donors (Lipinski definition) is 13. The van der Waals surface area contributed by atoms with Crippen LogP contribution in [0.3, 0.4) is 0 Å². The number of nitrogens with one attached hydrogen (secondary N) is 9. The summed E-state index contributed by atoms with van der Waals surface area (Å²) in [7, 11) is 0. The third-order valence-corrected chi connectivity index (χ3v) is 9.43. The van der Waals surface area contributed by atoms with Crippen LogP contribution in [0.15, 0.2) is 0 Å². The molecule has 1 saturated heterocycles. The number of aliphatic hydroxyl groups excluding tert-OH is 2. The molecule has 0 aromatic heterocycles. The smallest absolute Gasteiger partial charge is 0.325 e. The van der Waals surface area contributed by atoms with Crippen LogP contribution in [-0.2, 0) is 52.7 Å². The summed E-state index contributed by atoms with van der Waals surface area (Å²) in [5, 5.41) is 49.9. The highest BCUT2D eigenvalue weighted by molar-refractivity contribution is 5.97. The van der Waals surface area contributed by atoms with Crippen molar-refractivity contribution in [2.24, 2.45) is 5.73 Å². The van der Waals surface area contributed by atoms with Crippen LogP contribution in [0, 0.1) is 0 Å². The van der Waals surface area contributed by atoms with Crippen molar-refractivity contribution in [3.63, 3.8) is 0 Å². The monoisotopic (exact) mass is 871 g/mol. The van der Waals surface area contributed by atoms with Gasteiger partial charge in [-0.25, -0.2) is 0 Å². The molecule has 1 fully saturated rings. The minimum absolute atomic E-state index is 0.0239. The second kappa shape index (κ2) is 27.0. The van der Waals surface area contributed by atoms with E-state index < -0.39 is 140 Å². The lowest BCUT2D eigenvalue weighted by molar-refractivity contribution is -0.145. The number of nitrogens with two attached hydrogens (primary N) is 1. The van der Waals surface area contributed by atoms with E-state index in [0.29, 0.717) is 6.42 Å². The van der Waals surface area contributed by atoms with Crippen LogP contribution in [0.4, 0.5) is 0 Å². The first-order chi connectivity index (χ1) is 28.8. The number of nitrogens with zero attached hydrogens (tertiary/aromatic N) is 1. The molecule has 25 heteroatoms. The van der Waals surface area contributed by atoms with Crippen molar-refractivity contribution < 1.29 is 68.1 Å². The van der Waals surface area contributed by atoms with E-state index >= 15 is 0 Å². The van der Waals surface area contributed by atoms with Gasteiger partial charge in [0.2, 0.25) is 59.1 Å². The van der Waals surface area contributed by atoms with Crippen LogP contribution in [0.2, 0.25) is 0 Å². The molecule has 61 heavy (non-hydrogen) atoms. The standard InChI is InChI=1S/C36H61N11O14/c1-6-19(42-27(51)14-39-30(54)20(7-2)44-33(57)23(16-48)45-31(55)21(8-3)41-26(50)13-37)29(53)38-15-28(52)43-22(9-4)32(56)46-24(17-49)35(59)47-12-10-11-25(47)34(58)40-18(5)36(60)61/h18-25,48-49H,6-17,37H2,1-5H3,(H,38,53)(H,39,54)(H,40,58)(H,41,50)(H,42,51)(H,43,52)(H,44,57)(H,45,55)(H,46,56)(H,60,61)/t18-,19+,20+,21+,22+,23-,24-,25?/m0/s1. The third kappa shape index (κ3) is 17.3. The van der Waals surface area contributed by atoms with E-state index in [9.17, 15) is 63.0 Å². The van der Waals surface area contributed by atoms with E-state index in [2.05, 4.69) is 47.9 Å². The number of carboxylic acids is 1. The van der Waals surface area contributed by atoms with Crippen LogP contribution in [0.25, 0.3) is 0 Å². The Balaban J connectivity index is 2.69. The zero-order chi connectivity index (χ0) is 46.4. The van der Waals surface area contributed by atoms with Crippen molar-refractivity contribution in [2.75, 3.05) is 39.4 Å².